The monoisotopic (exact) mass is 305 g/mol. The lowest BCUT2D eigenvalue weighted by atomic mass is 10.3. The van der Waals surface area contributed by atoms with Crippen LogP contribution in [0.2, 0.25) is 0 Å². The van der Waals surface area contributed by atoms with E-state index in [0.717, 1.165) is 4.68 Å². The fraction of sp³-hybridized carbons (Fsp3) is 0.231. The summed E-state index contributed by atoms with van der Waals surface area (Å²) < 4.78 is 6.50. The number of urea groups is 1. The number of carboxylic acids is 1. The maximum atomic E-state index is 11.9. The summed E-state index contributed by atoms with van der Waals surface area (Å²) >= 11 is 0. The van der Waals surface area contributed by atoms with Crippen LogP contribution in [0.5, 0.6) is 5.75 Å². The van der Waals surface area contributed by atoms with E-state index in [1.165, 1.54) is 6.20 Å². The molecule has 1 aromatic carbocycles. The summed E-state index contributed by atoms with van der Waals surface area (Å²) in [5.41, 5.74) is 0.514. The molecule has 2 rings (SSSR count). The lowest BCUT2D eigenvalue weighted by Crippen LogP contribution is -2.20. The molecule has 3 N–H and O–H groups in total. The van der Waals surface area contributed by atoms with Gasteiger partial charge in [0.25, 0.3) is 0 Å². The van der Waals surface area contributed by atoms with Crippen molar-refractivity contribution in [2.75, 3.05) is 17.2 Å². The third kappa shape index (κ3) is 4.20. The van der Waals surface area contributed by atoms with Gasteiger partial charge in [0.05, 0.1) is 18.5 Å². The highest BCUT2D eigenvalue weighted by atomic mass is 16.5. The summed E-state index contributed by atoms with van der Waals surface area (Å²) in [6.45, 7) is 1.99. The van der Waals surface area contributed by atoms with Crippen LogP contribution in [0.1, 0.15) is 6.92 Å². The number of amides is 2. The quantitative estimate of drug-likeness (QED) is 0.742. The van der Waals surface area contributed by atoms with Gasteiger partial charge >= 0.3 is 12.0 Å². The highest BCUT2D eigenvalue weighted by Crippen LogP contribution is 2.23. The van der Waals surface area contributed by atoms with Crippen LogP contribution in [0.4, 0.5) is 16.3 Å². The van der Waals surface area contributed by atoms with Gasteiger partial charge in [-0.2, -0.15) is 0 Å². The Morgan fingerprint density at radius 1 is 1.32 bits per heavy atom. The van der Waals surface area contributed by atoms with Gasteiger partial charge in [-0.15, -0.1) is 5.10 Å². The third-order valence-corrected chi connectivity index (χ3v) is 2.51. The average molecular weight is 305 g/mol. The summed E-state index contributed by atoms with van der Waals surface area (Å²) in [6.07, 6.45) is 1.32. The van der Waals surface area contributed by atoms with Crippen molar-refractivity contribution < 1.29 is 19.4 Å². The van der Waals surface area contributed by atoms with Crippen LogP contribution in [0, 0.1) is 0 Å². The third-order valence-electron chi connectivity index (χ3n) is 2.51. The van der Waals surface area contributed by atoms with Gasteiger partial charge in [-0.3, -0.25) is 10.1 Å². The fourth-order valence-corrected chi connectivity index (χ4v) is 1.69. The number of benzene rings is 1. The van der Waals surface area contributed by atoms with Gasteiger partial charge in [0.15, 0.2) is 5.82 Å². The number of carboxylic acid groups (broad SMARTS) is 1. The molecule has 2 amide bonds. The molecule has 0 aliphatic carbocycles. The number of rotatable bonds is 6. The van der Waals surface area contributed by atoms with Gasteiger partial charge in [0.1, 0.15) is 12.3 Å². The molecule has 0 radical (unpaired) electrons. The number of para-hydroxylation sites is 2. The molecule has 0 unspecified atom stereocenters. The molecule has 9 heteroatoms. The Balaban J connectivity index is 1.98. The second kappa shape index (κ2) is 7.07. The van der Waals surface area contributed by atoms with Gasteiger partial charge in [0.2, 0.25) is 0 Å². The molecule has 0 spiro atoms. The van der Waals surface area contributed by atoms with Crippen molar-refractivity contribution >= 4 is 23.5 Å². The minimum Gasteiger partial charge on any atom is -0.492 e. The summed E-state index contributed by atoms with van der Waals surface area (Å²) in [5.74, 6) is -0.353. The average Bonchev–Trinajstić information content (AvgIpc) is 2.87. The number of carbonyl (C=O) groups excluding carboxylic acids is 1. The Hall–Kier alpha value is -3.10. The number of anilines is 2. The minimum atomic E-state index is -1.05. The largest absolute Gasteiger partial charge is 0.492 e. The molecule has 0 fully saturated rings. The van der Waals surface area contributed by atoms with Crippen molar-refractivity contribution in [2.24, 2.45) is 0 Å². The van der Waals surface area contributed by atoms with E-state index in [1.54, 1.807) is 24.3 Å². The van der Waals surface area contributed by atoms with E-state index in [1.807, 2.05) is 6.92 Å². The first-order chi connectivity index (χ1) is 10.6. The zero-order chi connectivity index (χ0) is 15.9. The molecule has 2 aromatic rings. The maximum Gasteiger partial charge on any atom is 0.325 e. The van der Waals surface area contributed by atoms with Crippen molar-refractivity contribution in [1.29, 1.82) is 0 Å². The van der Waals surface area contributed by atoms with Crippen LogP contribution < -0.4 is 15.4 Å². The highest BCUT2D eigenvalue weighted by Gasteiger charge is 2.10. The van der Waals surface area contributed by atoms with E-state index in [4.69, 9.17) is 9.84 Å². The van der Waals surface area contributed by atoms with Crippen LogP contribution in [0.25, 0.3) is 0 Å². The molecule has 0 bridgehead atoms. The van der Waals surface area contributed by atoms with E-state index >= 15 is 0 Å². The van der Waals surface area contributed by atoms with Gasteiger partial charge in [-0.25, -0.2) is 9.48 Å². The Morgan fingerprint density at radius 2 is 2.09 bits per heavy atom. The molecule has 0 saturated heterocycles. The van der Waals surface area contributed by atoms with Crippen LogP contribution >= 0.6 is 0 Å². The summed E-state index contributed by atoms with van der Waals surface area (Å²) in [7, 11) is 0. The summed E-state index contributed by atoms with van der Waals surface area (Å²) in [5, 5.41) is 21.0. The lowest BCUT2D eigenvalue weighted by Gasteiger charge is -2.10. The van der Waals surface area contributed by atoms with Crippen molar-refractivity contribution in [3.63, 3.8) is 0 Å². The second-order valence-electron chi connectivity index (χ2n) is 4.20. The highest BCUT2D eigenvalue weighted by molar-refractivity contribution is 6.00. The topological polar surface area (TPSA) is 118 Å². The van der Waals surface area contributed by atoms with E-state index in [-0.39, 0.29) is 12.4 Å². The van der Waals surface area contributed by atoms with Crippen LogP contribution in [0.15, 0.2) is 30.5 Å². The molecule has 1 heterocycles. The first-order valence-electron chi connectivity index (χ1n) is 6.50. The van der Waals surface area contributed by atoms with Gasteiger partial charge in [-0.1, -0.05) is 17.3 Å². The number of nitrogens with one attached hydrogen (secondary N) is 2. The fourth-order valence-electron chi connectivity index (χ4n) is 1.69. The Bertz CT molecular complexity index is 670. The number of nitrogens with zero attached hydrogens (tertiary/aromatic N) is 3. The molecule has 0 saturated carbocycles. The molecule has 116 valence electrons. The van der Waals surface area contributed by atoms with Crippen LogP contribution in [0.3, 0.4) is 0 Å². The number of hydrogen-bond acceptors (Lipinski definition) is 5. The standard InChI is InChI=1S/C13H15N5O4/c1-2-22-10-6-4-3-5-9(10)14-13(21)15-11-7-18(17-16-11)8-12(19)20/h3-7H,2,8H2,1H3,(H,19,20)(H2,14,15,21). The number of hydrogen-bond donors (Lipinski definition) is 3. The van der Waals surface area contributed by atoms with Gasteiger partial charge in [0, 0.05) is 0 Å². The molecular formula is C13H15N5O4. The minimum absolute atomic E-state index is 0.146. The maximum absolute atomic E-state index is 11.9. The molecule has 0 aliphatic rings. The van der Waals surface area contributed by atoms with Crippen molar-refractivity contribution in [3.05, 3.63) is 30.5 Å². The van der Waals surface area contributed by atoms with Gasteiger partial charge in [-0.05, 0) is 19.1 Å². The normalized spacial score (nSPS) is 10.0. The predicted octanol–water partition coefficient (Wildman–Crippen LogP) is 1.41. The van der Waals surface area contributed by atoms with E-state index < -0.39 is 12.0 Å². The number of carbonyl (C=O) groups is 2. The van der Waals surface area contributed by atoms with E-state index in [0.29, 0.717) is 18.0 Å². The number of aliphatic carboxylic acids is 1. The molecule has 22 heavy (non-hydrogen) atoms. The molecule has 1 aromatic heterocycles. The van der Waals surface area contributed by atoms with Crippen LogP contribution in [-0.2, 0) is 11.3 Å². The molecule has 0 aliphatic heterocycles. The smallest absolute Gasteiger partial charge is 0.325 e. The molecule has 0 atom stereocenters. The first-order valence-corrected chi connectivity index (χ1v) is 6.50. The SMILES string of the molecule is CCOc1ccccc1NC(=O)Nc1cn(CC(=O)O)nn1. The molecular weight excluding hydrogens is 290 g/mol. The van der Waals surface area contributed by atoms with E-state index in [2.05, 4.69) is 20.9 Å². The second-order valence-corrected chi connectivity index (χ2v) is 4.20. The first kappa shape index (κ1) is 15.3. The van der Waals surface area contributed by atoms with Gasteiger partial charge < -0.3 is 15.2 Å². The van der Waals surface area contributed by atoms with E-state index in [9.17, 15) is 9.59 Å². The lowest BCUT2D eigenvalue weighted by molar-refractivity contribution is -0.137. The predicted molar refractivity (Wildman–Crippen MR) is 77.9 cm³/mol. The molecule has 9 nitrogen and oxygen atoms in total. The van der Waals surface area contributed by atoms with Crippen molar-refractivity contribution in [1.82, 2.24) is 15.0 Å². The Labute approximate surface area is 125 Å². The number of aromatic nitrogens is 3. The van der Waals surface area contributed by atoms with Crippen molar-refractivity contribution in [2.45, 2.75) is 13.5 Å². The van der Waals surface area contributed by atoms with Crippen LogP contribution in [-0.4, -0.2) is 38.7 Å². The summed E-state index contributed by atoms with van der Waals surface area (Å²) in [6, 6.07) is 6.47. The number of ether oxygens (including phenoxy) is 1. The Kier molecular flexibility index (Phi) is 4.91. The zero-order valence-corrected chi connectivity index (χ0v) is 11.8. The van der Waals surface area contributed by atoms with Crippen molar-refractivity contribution in [3.8, 4) is 5.75 Å². The Morgan fingerprint density at radius 3 is 2.82 bits per heavy atom. The zero-order valence-electron chi connectivity index (χ0n) is 11.8. The summed E-state index contributed by atoms with van der Waals surface area (Å²) in [4.78, 5) is 22.4.